The van der Waals surface area contributed by atoms with Gasteiger partial charge in [0.1, 0.15) is 6.10 Å². The van der Waals surface area contributed by atoms with E-state index in [1.807, 2.05) is 41.8 Å². The molecule has 0 saturated heterocycles. The first-order valence-electron chi connectivity index (χ1n) is 22.0. The second-order valence-electron chi connectivity index (χ2n) is 17.2. The van der Waals surface area contributed by atoms with Gasteiger partial charge >= 0.3 is 17.9 Å². The van der Waals surface area contributed by atoms with Gasteiger partial charge in [0.2, 0.25) is 0 Å². The van der Waals surface area contributed by atoms with E-state index in [9.17, 15) is 14.4 Å². The number of carbonyl (C=O) groups is 3. The summed E-state index contributed by atoms with van der Waals surface area (Å²) in [6.07, 6.45) is 30.0. The van der Waals surface area contributed by atoms with Crippen molar-refractivity contribution in [2.45, 2.75) is 227 Å². The van der Waals surface area contributed by atoms with Crippen molar-refractivity contribution < 1.29 is 28.6 Å². The van der Waals surface area contributed by atoms with Crippen LogP contribution >= 0.6 is 0 Å². The standard InChI is InChI=1S/C45H87NO6/c1-9-11-13-15-17-19-21-29-38-50-42(48)44(3,4)35-27-23-25-32-40(52-41(47)34-31-37-46(7)8)33-26-24-28-36-45(5,6)43(49)51-39-30-22-20-18-16-14-12-10-2/h40H,9-39H2,1-8H3. The number of rotatable bonds is 37. The quantitative estimate of drug-likeness (QED) is 0.0356. The highest BCUT2D eigenvalue weighted by Gasteiger charge is 2.29. The number of ether oxygens (including phenoxy) is 3. The molecule has 0 aromatic rings. The zero-order chi connectivity index (χ0) is 38.9. The average molecular weight is 738 g/mol. The Bertz CT molecular complexity index is 814. The van der Waals surface area contributed by atoms with Crippen molar-refractivity contribution in [3.8, 4) is 0 Å². The summed E-state index contributed by atoms with van der Waals surface area (Å²) in [5.41, 5.74) is -0.960. The fourth-order valence-corrected chi connectivity index (χ4v) is 6.67. The summed E-state index contributed by atoms with van der Waals surface area (Å²) in [6.45, 7) is 14.4. The van der Waals surface area contributed by atoms with Gasteiger partial charge in [-0.25, -0.2) is 0 Å². The van der Waals surface area contributed by atoms with E-state index < -0.39 is 10.8 Å². The Morgan fingerprint density at radius 3 is 1.25 bits per heavy atom. The molecule has 0 fully saturated rings. The lowest BCUT2D eigenvalue weighted by Gasteiger charge is -2.23. The largest absolute Gasteiger partial charge is 0.465 e. The van der Waals surface area contributed by atoms with Crippen molar-refractivity contribution in [3.05, 3.63) is 0 Å². The molecule has 52 heavy (non-hydrogen) atoms. The molecule has 0 aliphatic carbocycles. The molecule has 0 saturated carbocycles. The van der Waals surface area contributed by atoms with Crippen LogP contribution in [0.4, 0.5) is 0 Å². The van der Waals surface area contributed by atoms with E-state index in [1.54, 1.807) is 0 Å². The van der Waals surface area contributed by atoms with E-state index in [-0.39, 0.29) is 24.0 Å². The molecule has 0 unspecified atom stereocenters. The molecule has 7 heteroatoms. The maximum absolute atomic E-state index is 12.8. The molecule has 7 nitrogen and oxygen atoms in total. The summed E-state index contributed by atoms with van der Waals surface area (Å²) in [7, 11) is 4.04. The van der Waals surface area contributed by atoms with Gasteiger partial charge in [-0.2, -0.15) is 0 Å². The van der Waals surface area contributed by atoms with Crippen LogP contribution in [0.25, 0.3) is 0 Å². The Balaban J connectivity index is 4.48. The maximum Gasteiger partial charge on any atom is 0.311 e. The first-order chi connectivity index (χ1) is 24.9. The lowest BCUT2D eigenvalue weighted by molar-refractivity contribution is -0.155. The minimum Gasteiger partial charge on any atom is -0.465 e. The second-order valence-corrected chi connectivity index (χ2v) is 17.2. The molecule has 0 rings (SSSR count). The average Bonchev–Trinajstić information content (AvgIpc) is 3.09. The van der Waals surface area contributed by atoms with Crippen molar-refractivity contribution in [1.29, 1.82) is 0 Å². The normalized spacial score (nSPS) is 12.1. The Kier molecular flexibility index (Phi) is 31.7. The summed E-state index contributed by atoms with van der Waals surface area (Å²) in [5, 5.41) is 0. The van der Waals surface area contributed by atoms with E-state index >= 15 is 0 Å². The highest BCUT2D eigenvalue weighted by molar-refractivity contribution is 5.76. The van der Waals surface area contributed by atoms with Crippen molar-refractivity contribution in [3.63, 3.8) is 0 Å². The zero-order valence-electron chi connectivity index (χ0n) is 35.9. The van der Waals surface area contributed by atoms with Crippen LogP contribution < -0.4 is 0 Å². The van der Waals surface area contributed by atoms with Gasteiger partial charge in [0.15, 0.2) is 0 Å². The van der Waals surface area contributed by atoms with Crippen molar-refractivity contribution in [1.82, 2.24) is 4.90 Å². The number of carbonyl (C=O) groups excluding carboxylic acids is 3. The lowest BCUT2D eigenvalue weighted by Crippen LogP contribution is -2.27. The summed E-state index contributed by atoms with van der Waals surface area (Å²) >= 11 is 0. The molecular formula is C45H87NO6. The van der Waals surface area contributed by atoms with E-state index in [1.165, 1.54) is 77.0 Å². The zero-order valence-corrected chi connectivity index (χ0v) is 35.9. The molecule has 0 radical (unpaired) electrons. The summed E-state index contributed by atoms with van der Waals surface area (Å²) in [6, 6.07) is 0. The molecule has 0 N–H and O–H groups in total. The van der Waals surface area contributed by atoms with Gasteiger partial charge in [-0.3, -0.25) is 14.4 Å². The number of unbranched alkanes of at least 4 members (excludes halogenated alkanes) is 18. The highest BCUT2D eigenvalue weighted by atomic mass is 16.5. The van der Waals surface area contributed by atoms with Crippen LogP contribution in [0.15, 0.2) is 0 Å². The van der Waals surface area contributed by atoms with Gasteiger partial charge < -0.3 is 19.1 Å². The fraction of sp³-hybridized carbons (Fsp3) is 0.933. The second kappa shape index (κ2) is 32.8. The van der Waals surface area contributed by atoms with Gasteiger partial charge in [-0.05, 0) is 106 Å². The van der Waals surface area contributed by atoms with Crippen LogP contribution in [0.2, 0.25) is 0 Å². The summed E-state index contributed by atoms with van der Waals surface area (Å²) in [4.78, 5) is 40.3. The van der Waals surface area contributed by atoms with Crippen LogP contribution in [0, 0.1) is 10.8 Å². The van der Waals surface area contributed by atoms with Gasteiger partial charge in [-0.15, -0.1) is 0 Å². The molecule has 308 valence electrons. The minimum absolute atomic E-state index is 0.0823. The van der Waals surface area contributed by atoms with E-state index in [4.69, 9.17) is 14.2 Å². The maximum atomic E-state index is 12.8. The van der Waals surface area contributed by atoms with Crippen LogP contribution in [-0.2, 0) is 28.6 Å². The number of hydrogen-bond acceptors (Lipinski definition) is 7. The first-order valence-corrected chi connectivity index (χ1v) is 22.0. The van der Waals surface area contributed by atoms with Crippen LogP contribution in [0.5, 0.6) is 0 Å². The minimum atomic E-state index is -0.480. The first kappa shape index (κ1) is 50.4. The predicted octanol–water partition coefficient (Wildman–Crippen LogP) is 12.6. The van der Waals surface area contributed by atoms with Crippen molar-refractivity contribution in [2.24, 2.45) is 10.8 Å². The van der Waals surface area contributed by atoms with E-state index in [2.05, 4.69) is 18.7 Å². The Labute approximate surface area is 322 Å². The van der Waals surface area contributed by atoms with Crippen LogP contribution in [-0.4, -0.2) is 62.8 Å². The predicted molar refractivity (Wildman–Crippen MR) is 219 cm³/mol. The molecule has 0 aromatic carbocycles. The number of esters is 3. The van der Waals surface area contributed by atoms with Gasteiger partial charge in [0, 0.05) is 6.42 Å². The van der Waals surface area contributed by atoms with E-state index in [0.717, 1.165) is 103 Å². The molecule has 0 spiro atoms. The SMILES string of the molecule is CCCCCCCCCCOC(=O)C(C)(C)CCCCCC(CCCCCC(C)(C)C(=O)OCCCCCCCCCC)OC(=O)CCCN(C)C. The molecule has 0 amide bonds. The summed E-state index contributed by atoms with van der Waals surface area (Å²) in [5.74, 6) is -0.271. The van der Waals surface area contributed by atoms with Gasteiger partial charge in [0.05, 0.1) is 24.0 Å². The number of hydrogen-bond donors (Lipinski definition) is 0. The van der Waals surface area contributed by atoms with Crippen LogP contribution in [0.3, 0.4) is 0 Å². The molecule has 0 aromatic heterocycles. The summed E-state index contributed by atoms with van der Waals surface area (Å²) < 4.78 is 17.3. The van der Waals surface area contributed by atoms with Crippen molar-refractivity contribution >= 4 is 17.9 Å². The monoisotopic (exact) mass is 738 g/mol. The van der Waals surface area contributed by atoms with E-state index in [0.29, 0.717) is 19.6 Å². The van der Waals surface area contributed by atoms with Crippen LogP contribution in [0.1, 0.15) is 221 Å². The lowest BCUT2D eigenvalue weighted by atomic mass is 9.86. The molecule has 0 heterocycles. The highest BCUT2D eigenvalue weighted by Crippen LogP contribution is 2.28. The third kappa shape index (κ3) is 29.8. The molecule has 0 aliphatic rings. The van der Waals surface area contributed by atoms with Crippen molar-refractivity contribution in [2.75, 3.05) is 33.9 Å². The Hall–Kier alpha value is -1.63. The third-order valence-electron chi connectivity index (χ3n) is 10.5. The molecule has 0 aliphatic heterocycles. The Morgan fingerprint density at radius 1 is 0.500 bits per heavy atom. The van der Waals surface area contributed by atoms with Gasteiger partial charge in [-0.1, -0.05) is 129 Å². The smallest absolute Gasteiger partial charge is 0.311 e. The number of nitrogens with zero attached hydrogens (tertiary/aromatic N) is 1. The fourth-order valence-electron chi connectivity index (χ4n) is 6.67. The molecule has 0 bridgehead atoms. The van der Waals surface area contributed by atoms with Gasteiger partial charge in [0.25, 0.3) is 0 Å². The molecule has 0 atom stereocenters. The third-order valence-corrected chi connectivity index (χ3v) is 10.5. The Morgan fingerprint density at radius 2 is 0.865 bits per heavy atom. The topological polar surface area (TPSA) is 82.1 Å². The molecular weight excluding hydrogens is 650 g/mol.